The lowest BCUT2D eigenvalue weighted by Crippen LogP contribution is -2.38. The van der Waals surface area contributed by atoms with E-state index in [-0.39, 0.29) is 11.2 Å². The van der Waals surface area contributed by atoms with E-state index in [0.717, 1.165) is 10.3 Å². The highest BCUT2D eigenvalue weighted by Gasteiger charge is 2.05. The van der Waals surface area contributed by atoms with Crippen molar-refractivity contribution >= 4 is 5.69 Å². The van der Waals surface area contributed by atoms with Crippen molar-refractivity contribution < 1.29 is 0 Å². The van der Waals surface area contributed by atoms with Gasteiger partial charge in [0.25, 0.3) is 5.56 Å². The number of aromatic nitrogens is 2. The van der Waals surface area contributed by atoms with Crippen molar-refractivity contribution in [1.82, 2.24) is 9.13 Å². The van der Waals surface area contributed by atoms with E-state index < -0.39 is 0 Å². The van der Waals surface area contributed by atoms with Crippen molar-refractivity contribution in [3.8, 4) is 6.07 Å². The Balaban J connectivity index is 2.26. The van der Waals surface area contributed by atoms with E-state index in [1.165, 1.54) is 17.7 Å². The van der Waals surface area contributed by atoms with Crippen LogP contribution in [0.1, 0.15) is 11.3 Å². The summed E-state index contributed by atoms with van der Waals surface area (Å²) in [5, 5.41) is 11.9. The maximum atomic E-state index is 11.8. The Morgan fingerprint density at radius 1 is 1.20 bits per heavy atom. The summed E-state index contributed by atoms with van der Waals surface area (Å²) in [6.07, 6.45) is 0. The molecule has 2 aromatic rings. The monoisotopic (exact) mass is 270 g/mol. The largest absolute Gasteiger partial charge is 0.379 e. The molecule has 1 heterocycles. The molecular formula is C14H14N4O2. The Labute approximate surface area is 115 Å². The molecule has 0 atom stereocenters. The summed E-state index contributed by atoms with van der Waals surface area (Å²) in [6.45, 7) is 0.330. The first kappa shape index (κ1) is 13.6. The first-order chi connectivity index (χ1) is 9.52. The van der Waals surface area contributed by atoms with Crippen LogP contribution < -0.4 is 16.6 Å². The van der Waals surface area contributed by atoms with Gasteiger partial charge in [0.2, 0.25) is 0 Å². The number of anilines is 1. The van der Waals surface area contributed by atoms with Crippen LogP contribution in [-0.4, -0.2) is 9.13 Å². The molecule has 6 heteroatoms. The third kappa shape index (κ3) is 2.62. The topological polar surface area (TPSA) is 79.8 Å². The van der Waals surface area contributed by atoms with Gasteiger partial charge in [0, 0.05) is 31.5 Å². The zero-order valence-electron chi connectivity index (χ0n) is 11.3. The van der Waals surface area contributed by atoms with Gasteiger partial charge in [-0.2, -0.15) is 5.26 Å². The molecule has 0 aliphatic rings. The fourth-order valence-electron chi connectivity index (χ4n) is 1.84. The van der Waals surface area contributed by atoms with Crippen LogP contribution in [0.3, 0.4) is 0 Å². The van der Waals surface area contributed by atoms with Crippen molar-refractivity contribution in [2.24, 2.45) is 14.1 Å². The van der Waals surface area contributed by atoms with E-state index in [1.54, 1.807) is 25.2 Å². The normalized spacial score (nSPS) is 10.1. The Bertz CT molecular complexity index is 796. The number of hydrogen-bond acceptors (Lipinski definition) is 4. The summed E-state index contributed by atoms with van der Waals surface area (Å²) in [6, 6.07) is 10.5. The summed E-state index contributed by atoms with van der Waals surface area (Å²) in [4.78, 5) is 23.4. The van der Waals surface area contributed by atoms with E-state index in [4.69, 9.17) is 5.26 Å². The molecular weight excluding hydrogens is 256 g/mol. The van der Waals surface area contributed by atoms with Crippen LogP contribution in [0.4, 0.5) is 5.69 Å². The van der Waals surface area contributed by atoms with Gasteiger partial charge < -0.3 is 5.32 Å². The van der Waals surface area contributed by atoms with Crippen molar-refractivity contribution in [2.45, 2.75) is 6.54 Å². The average molecular weight is 270 g/mol. The quantitative estimate of drug-likeness (QED) is 0.884. The van der Waals surface area contributed by atoms with Crippen LogP contribution in [0.25, 0.3) is 0 Å². The molecule has 0 aliphatic carbocycles. The highest BCUT2D eigenvalue weighted by Crippen LogP contribution is 2.10. The van der Waals surface area contributed by atoms with Crippen molar-refractivity contribution in [1.29, 1.82) is 5.26 Å². The minimum Gasteiger partial charge on any atom is -0.379 e. The summed E-state index contributed by atoms with van der Waals surface area (Å²) in [7, 11) is 3.06. The van der Waals surface area contributed by atoms with Crippen LogP contribution in [0.15, 0.2) is 39.9 Å². The van der Waals surface area contributed by atoms with Crippen LogP contribution in [0, 0.1) is 11.3 Å². The number of nitrogens with zero attached hydrogens (tertiary/aromatic N) is 3. The number of nitriles is 1. The van der Waals surface area contributed by atoms with Crippen LogP contribution in [0.2, 0.25) is 0 Å². The fourth-order valence-corrected chi connectivity index (χ4v) is 1.84. The van der Waals surface area contributed by atoms with E-state index in [2.05, 4.69) is 11.4 Å². The van der Waals surface area contributed by atoms with Gasteiger partial charge >= 0.3 is 5.69 Å². The SMILES string of the molecule is Cn1c(CNc2cccc(C#N)c2)cc(=O)n(C)c1=O. The van der Waals surface area contributed by atoms with Gasteiger partial charge in [0.15, 0.2) is 0 Å². The van der Waals surface area contributed by atoms with Gasteiger partial charge in [-0.3, -0.25) is 13.9 Å². The Hall–Kier alpha value is -2.81. The Kier molecular flexibility index (Phi) is 3.71. The third-order valence-corrected chi connectivity index (χ3v) is 3.09. The smallest absolute Gasteiger partial charge is 0.330 e. The third-order valence-electron chi connectivity index (χ3n) is 3.09. The van der Waals surface area contributed by atoms with Gasteiger partial charge in [-0.05, 0) is 18.2 Å². The predicted molar refractivity (Wildman–Crippen MR) is 75.4 cm³/mol. The maximum Gasteiger partial charge on any atom is 0.330 e. The summed E-state index contributed by atoms with van der Waals surface area (Å²) in [5.41, 5.74) is 1.20. The molecule has 0 fully saturated rings. The fraction of sp³-hybridized carbons (Fsp3) is 0.214. The lowest BCUT2D eigenvalue weighted by atomic mass is 10.2. The van der Waals surface area contributed by atoms with Gasteiger partial charge in [0.1, 0.15) is 0 Å². The van der Waals surface area contributed by atoms with Crippen LogP contribution in [-0.2, 0) is 20.6 Å². The molecule has 2 rings (SSSR count). The molecule has 1 aromatic heterocycles. The standard InChI is InChI=1S/C14H14N4O2/c1-17-12(7-13(19)18(2)14(17)20)9-16-11-5-3-4-10(6-11)8-15/h3-7,16H,9H2,1-2H3. The number of hydrogen-bond donors (Lipinski definition) is 1. The molecule has 0 bridgehead atoms. The second-order valence-corrected chi connectivity index (χ2v) is 4.42. The van der Waals surface area contributed by atoms with E-state index in [0.29, 0.717) is 17.8 Å². The second kappa shape index (κ2) is 5.45. The molecule has 1 N–H and O–H groups in total. The molecule has 0 spiro atoms. The first-order valence-electron chi connectivity index (χ1n) is 6.03. The molecule has 0 saturated carbocycles. The minimum atomic E-state index is -0.361. The zero-order valence-corrected chi connectivity index (χ0v) is 11.3. The molecule has 20 heavy (non-hydrogen) atoms. The summed E-state index contributed by atoms with van der Waals surface area (Å²) < 4.78 is 2.47. The maximum absolute atomic E-state index is 11.8. The molecule has 102 valence electrons. The van der Waals surface area contributed by atoms with E-state index in [9.17, 15) is 9.59 Å². The highest BCUT2D eigenvalue weighted by molar-refractivity contribution is 5.49. The predicted octanol–water partition coefficient (Wildman–Crippen LogP) is 0.568. The Morgan fingerprint density at radius 3 is 2.65 bits per heavy atom. The molecule has 0 unspecified atom stereocenters. The lowest BCUT2D eigenvalue weighted by molar-refractivity contribution is 0.655. The number of benzene rings is 1. The average Bonchev–Trinajstić information content (AvgIpc) is 2.47. The van der Waals surface area contributed by atoms with Gasteiger partial charge in [-0.25, -0.2) is 4.79 Å². The van der Waals surface area contributed by atoms with E-state index in [1.807, 2.05) is 6.07 Å². The van der Waals surface area contributed by atoms with Gasteiger partial charge in [-0.1, -0.05) is 6.07 Å². The van der Waals surface area contributed by atoms with Crippen molar-refractivity contribution in [3.63, 3.8) is 0 Å². The summed E-state index contributed by atoms with van der Waals surface area (Å²) in [5.74, 6) is 0. The highest BCUT2D eigenvalue weighted by atomic mass is 16.2. The lowest BCUT2D eigenvalue weighted by Gasteiger charge is -2.11. The number of rotatable bonds is 3. The first-order valence-corrected chi connectivity index (χ1v) is 6.03. The van der Waals surface area contributed by atoms with Crippen LogP contribution >= 0.6 is 0 Å². The molecule has 1 aromatic carbocycles. The zero-order chi connectivity index (χ0) is 14.7. The summed E-state index contributed by atoms with van der Waals surface area (Å²) >= 11 is 0. The molecule has 0 aliphatic heterocycles. The molecule has 0 saturated heterocycles. The second-order valence-electron chi connectivity index (χ2n) is 4.42. The van der Waals surface area contributed by atoms with Crippen molar-refractivity contribution in [3.05, 3.63) is 62.4 Å². The molecule has 0 radical (unpaired) electrons. The minimum absolute atomic E-state index is 0.330. The molecule has 0 amide bonds. The van der Waals surface area contributed by atoms with Crippen LogP contribution in [0.5, 0.6) is 0 Å². The Morgan fingerprint density at radius 2 is 1.95 bits per heavy atom. The number of nitrogens with one attached hydrogen (secondary N) is 1. The van der Waals surface area contributed by atoms with Gasteiger partial charge in [-0.15, -0.1) is 0 Å². The van der Waals surface area contributed by atoms with E-state index >= 15 is 0 Å². The van der Waals surface area contributed by atoms with Gasteiger partial charge in [0.05, 0.1) is 18.2 Å². The molecule has 6 nitrogen and oxygen atoms in total. The van der Waals surface area contributed by atoms with Crippen molar-refractivity contribution in [2.75, 3.05) is 5.32 Å².